The molecule has 0 radical (unpaired) electrons. The lowest BCUT2D eigenvalue weighted by molar-refractivity contribution is -0.137. The Kier molecular flexibility index (Phi) is 8.64. The number of ether oxygens (including phenoxy) is 2. The third kappa shape index (κ3) is 6.00. The number of anilines is 1. The van der Waals surface area contributed by atoms with E-state index < -0.39 is 34.7 Å². The second-order valence-corrected chi connectivity index (χ2v) is 12.9. The van der Waals surface area contributed by atoms with Gasteiger partial charge in [-0.2, -0.15) is 22.7 Å². The van der Waals surface area contributed by atoms with Gasteiger partial charge in [-0.15, -0.1) is 5.10 Å². The number of aromatic nitrogens is 5. The lowest BCUT2D eigenvalue weighted by Crippen LogP contribution is -2.52. The van der Waals surface area contributed by atoms with Crippen LogP contribution >= 0.6 is 11.6 Å². The molecule has 262 valence electrons. The van der Waals surface area contributed by atoms with Gasteiger partial charge >= 0.3 is 6.18 Å². The zero-order valence-electron chi connectivity index (χ0n) is 26.7. The molecule has 2 amide bonds. The number of piperidine rings is 1. The van der Waals surface area contributed by atoms with E-state index in [-0.39, 0.29) is 78.5 Å². The van der Waals surface area contributed by atoms with E-state index in [1.54, 1.807) is 4.57 Å². The van der Waals surface area contributed by atoms with Gasteiger partial charge in [0.15, 0.2) is 11.5 Å². The van der Waals surface area contributed by atoms with Crippen LogP contribution in [0.15, 0.2) is 47.4 Å². The van der Waals surface area contributed by atoms with Gasteiger partial charge in [0.05, 0.1) is 41.7 Å². The minimum Gasteiger partial charge on any atom is -0.505 e. The molecule has 3 aliphatic heterocycles. The van der Waals surface area contributed by atoms with Crippen LogP contribution in [0.5, 0.6) is 5.75 Å². The Labute approximate surface area is 287 Å². The van der Waals surface area contributed by atoms with Crippen molar-refractivity contribution in [1.82, 2.24) is 29.0 Å². The number of carbonyl (C=O) groups excluding carboxylic acids is 2. The van der Waals surface area contributed by atoms with Crippen molar-refractivity contribution in [2.75, 3.05) is 38.2 Å². The lowest BCUT2D eigenvalue weighted by atomic mass is 9.79. The molecule has 1 fully saturated rings. The summed E-state index contributed by atoms with van der Waals surface area (Å²) in [6.45, 7) is 2.81. The number of fused-ring (bicyclic) bond motifs is 3. The summed E-state index contributed by atoms with van der Waals surface area (Å²) in [4.78, 5) is 51.6. The molecule has 4 aromatic rings. The van der Waals surface area contributed by atoms with Gasteiger partial charge in [0.1, 0.15) is 17.9 Å². The van der Waals surface area contributed by atoms with Crippen molar-refractivity contribution in [3.63, 3.8) is 0 Å². The maximum Gasteiger partial charge on any atom is 0.416 e. The molecule has 0 aliphatic carbocycles. The first-order valence-corrected chi connectivity index (χ1v) is 16.3. The highest BCUT2D eigenvalue weighted by Gasteiger charge is 2.48. The number of hydrogen-bond acceptors (Lipinski definition) is 9. The van der Waals surface area contributed by atoms with Gasteiger partial charge in [-0.05, 0) is 55.2 Å². The SMILES string of the molecule is CC1COC2(CCN(C(=O)c3ncccc3O)CC2)c2c1n(CC(=O)Nc1ccc(C(F)(F)F)cc1Cl)c1nc(C3=CCOCC3)nn1c2=O. The van der Waals surface area contributed by atoms with Crippen LogP contribution in [-0.4, -0.2) is 78.9 Å². The van der Waals surface area contributed by atoms with Crippen LogP contribution in [0.3, 0.4) is 0 Å². The first-order valence-electron chi connectivity index (χ1n) is 15.9. The van der Waals surface area contributed by atoms with E-state index in [4.69, 9.17) is 26.1 Å². The highest BCUT2D eigenvalue weighted by Crippen LogP contribution is 2.44. The van der Waals surface area contributed by atoms with Crippen molar-refractivity contribution in [2.45, 2.75) is 50.4 Å². The molecule has 1 spiro atoms. The Morgan fingerprint density at radius 1 is 1.20 bits per heavy atom. The number of hydrogen-bond donors (Lipinski definition) is 2. The van der Waals surface area contributed by atoms with Crippen molar-refractivity contribution < 1.29 is 37.3 Å². The Hall–Kier alpha value is -4.80. The number of nitrogens with one attached hydrogen (secondary N) is 1. The number of benzene rings is 1. The van der Waals surface area contributed by atoms with Gasteiger partial charge in [-0.25, -0.2) is 4.98 Å². The van der Waals surface area contributed by atoms with Gasteiger partial charge in [0.25, 0.3) is 11.5 Å². The quantitative estimate of drug-likeness (QED) is 0.307. The topological polar surface area (TPSA) is 153 Å². The van der Waals surface area contributed by atoms with Crippen LogP contribution in [-0.2, 0) is 32.6 Å². The predicted molar refractivity (Wildman–Crippen MR) is 173 cm³/mol. The van der Waals surface area contributed by atoms with Gasteiger partial charge < -0.3 is 29.4 Å². The largest absolute Gasteiger partial charge is 0.505 e. The summed E-state index contributed by atoms with van der Waals surface area (Å²) in [7, 11) is 0. The minimum atomic E-state index is -4.62. The third-order valence-corrected chi connectivity index (χ3v) is 9.60. The fraction of sp³-hybridized carbons (Fsp3) is 0.394. The van der Waals surface area contributed by atoms with E-state index >= 15 is 0 Å². The predicted octanol–water partition coefficient (Wildman–Crippen LogP) is 4.37. The molecule has 6 heterocycles. The third-order valence-electron chi connectivity index (χ3n) is 9.29. The highest BCUT2D eigenvalue weighted by atomic mass is 35.5. The van der Waals surface area contributed by atoms with E-state index in [2.05, 4.69) is 15.4 Å². The van der Waals surface area contributed by atoms with Crippen LogP contribution in [0.2, 0.25) is 5.02 Å². The van der Waals surface area contributed by atoms with Gasteiger partial charge in [0, 0.05) is 30.9 Å². The average Bonchev–Trinajstić information content (AvgIpc) is 3.55. The van der Waals surface area contributed by atoms with E-state index in [9.17, 15) is 32.7 Å². The smallest absolute Gasteiger partial charge is 0.416 e. The average molecular weight is 714 g/mol. The lowest BCUT2D eigenvalue weighted by Gasteiger charge is -2.46. The molecular formula is C33H31ClF3N7O6. The van der Waals surface area contributed by atoms with Crippen LogP contribution in [0, 0.1) is 0 Å². The second-order valence-electron chi connectivity index (χ2n) is 12.5. The molecule has 1 saturated heterocycles. The minimum absolute atomic E-state index is 0.0195. The standard InChI is InChI=1S/C33H31ClF3N7O6/c1-18-17-50-32(8-11-42(12-9-32)30(48)26-23(45)3-2-10-38-26)25-27(18)43(16-24(46)39-22-5-4-20(15-21(22)34)33(35,36)37)31-40-28(41-44(31)29(25)47)19-6-13-49-14-7-19/h2-6,10,15,18,45H,7-9,11-14,16-17H2,1H3,(H,39,46). The molecule has 3 aliphatic rings. The fourth-order valence-electron chi connectivity index (χ4n) is 6.77. The molecule has 1 aromatic carbocycles. The number of nitrogens with zero attached hydrogens (tertiary/aromatic N) is 6. The molecule has 13 nitrogen and oxygen atoms in total. The number of alkyl halides is 3. The Morgan fingerprint density at radius 3 is 2.66 bits per heavy atom. The maximum absolute atomic E-state index is 14.4. The van der Waals surface area contributed by atoms with Crippen molar-refractivity contribution in [1.29, 1.82) is 0 Å². The fourth-order valence-corrected chi connectivity index (χ4v) is 7.00. The summed E-state index contributed by atoms with van der Waals surface area (Å²) in [5.74, 6) is -1.31. The van der Waals surface area contributed by atoms with Gasteiger partial charge in [0.2, 0.25) is 11.7 Å². The summed E-state index contributed by atoms with van der Waals surface area (Å²) in [6, 6.07) is 5.54. The Bertz CT molecular complexity index is 2110. The van der Waals surface area contributed by atoms with E-state index in [0.717, 1.165) is 28.3 Å². The number of rotatable bonds is 5. The number of carbonyl (C=O) groups is 2. The zero-order valence-corrected chi connectivity index (χ0v) is 27.4. The Balaban J connectivity index is 1.28. The van der Waals surface area contributed by atoms with Crippen molar-refractivity contribution in [2.24, 2.45) is 0 Å². The molecule has 1 unspecified atom stereocenters. The van der Waals surface area contributed by atoms with Crippen LogP contribution in [0.1, 0.15) is 65.2 Å². The summed E-state index contributed by atoms with van der Waals surface area (Å²) >= 11 is 6.14. The van der Waals surface area contributed by atoms with E-state index in [1.165, 1.54) is 23.2 Å². The summed E-state index contributed by atoms with van der Waals surface area (Å²) in [6.07, 6.45) is -0.412. The number of likely N-dealkylation sites (tertiary alicyclic amines) is 1. The number of pyridine rings is 1. The zero-order chi connectivity index (χ0) is 35.4. The molecule has 3 aromatic heterocycles. The summed E-state index contributed by atoms with van der Waals surface area (Å²) in [5, 5.41) is 17.1. The molecule has 1 atom stereocenters. The molecule has 2 N–H and O–H groups in total. The van der Waals surface area contributed by atoms with Crippen LogP contribution in [0.4, 0.5) is 18.9 Å². The molecule has 17 heteroatoms. The Morgan fingerprint density at radius 2 is 1.98 bits per heavy atom. The second kappa shape index (κ2) is 12.8. The number of amides is 2. The highest BCUT2D eigenvalue weighted by molar-refractivity contribution is 6.33. The number of halogens is 4. The molecule has 7 rings (SSSR count). The summed E-state index contributed by atoms with van der Waals surface area (Å²) in [5.41, 5.74) is -1.12. The molecular weight excluding hydrogens is 683 g/mol. The monoisotopic (exact) mass is 713 g/mol. The van der Waals surface area contributed by atoms with Crippen LogP contribution in [0.25, 0.3) is 11.4 Å². The van der Waals surface area contributed by atoms with Crippen molar-refractivity contribution in [3.8, 4) is 5.75 Å². The van der Waals surface area contributed by atoms with Gasteiger partial charge in [-0.1, -0.05) is 24.6 Å². The van der Waals surface area contributed by atoms with E-state index in [1.807, 2.05) is 13.0 Å². The maximum atomic E-state index is 14.4. The van der Waals surface area contributed by atoms with Crippen LogP contribution < -0.4 is 10.9 Å². The van der Waals surface area contributed by atoms with E-state index in [0.29, 0.717) is 31.2 Å². The summed E-state index contributed by atoms with van der Waals surface area (Å²) < 4.78 is 54.3. The first-order chi connectivity index (χ1) is 23.9. The molecule has 50 heavy (non-hydrogen) atoms. The van der Waals surface area contributed by atoms with Gasteiger partial charge in [-0.3, -0.25) is 14.4 Å². The number of aromatic hydroxyl groups is 1. The molecule has 0 bridgehead atoms. The molecule has 0 saturated carbocycles. The van der Waals surface area contributed by atoms with Crippen molar-refractivity contribution >= 4 is 40.5 Å². The van der Waals surface area contributed by atoms with Crippen molar-refractivity contribution in [3.05, 3.63) is 86.3 Å². The first kappa shape index (κ1) is 33.7. The normalized spacial score (nSPS) is 18.9.